The molecule has 0 radical (unpaired) electrons. The lowest BCUT2D eigenvalue weighted by atomic mass is 10.1. The number of nitrogens with one attached hydrogen (secondary N) is 1. The van der Waals surface area contributed by atoms with Crippen molar-refractivity contribution in [3.63, 3.8) is 0 Å². The normalized spacial score (nSPS) is 39.2. The Morgan fingerprint density at radius 2 is 1.73 bits per heavy atom. The molecule has 0 amide bonds. The van der Waals surface area contributed by atoms with Gasteiger partial charge in [-0.25, -0.2) is 0 Å². The molecule has 0 aliphatic carbocycles. The summed E-state index contributed by atoms with van der Waals surface area (Å²) in [6.45, 7) is 7.84. The van der Waals surface area contributed by atoms with Crippen molar-refractivity contribution in [1.82, 2.24) is 15.1 Å². The van der Waals surface area contributed by atoms with Gasteiger partial charge in [0.05, 0.1) is 0 Å². The third-order valence-corrected chi connectivity index (χ3v) is 4.39. The average molecular weight is 209 g/mol. The molecule has 3 saturated heterocycles. The number of rotatable bonds is 1. The van der Waals surface area contributed by atoms with Crippen LogP contribution < -0.4 is 5.32 Å². The zero-order valence-corrected chi connectivity index (χ0v) is 9.62. The van der Waals surface area contributed by atoms with E-state index in [1.807, 2.05) is 0 Å². The molecule has 3 aliphatic rings. The highest BCUT2D eigenvalue weighted by Gasteiger charge is 2.32. The van der Waals surface area contributed by atoms with E-state index in [4.69, 9.17) is 0 Å². The first kappa shape index (κ1) is 10.1. The Bertz CT molecular complexity index is 213. The molecule has 3 nitrogen and oxygen atoms in total. The van der Waals surface area contributed by atoms with Crippen molar-refractivity contribution in [2.75, 3.05) is 39.3 Å². The molecule has 15 heavy (non-hydrogen) atoms. The van der Waals surface area contributed by atoms with E-state index in [1.54, 1.807) is 0 Å². The molecule has 0 bridgehead atoms. The molecule has 3 heterocycles. The van der Waals surface area contributed by atoms with Gasteiger partial charge in [-0.1, -0.05) is 0 Å². The molecule has 2 atom stereocenters. The Morgan fingerprint density at radius 1 is 0.867 bits per heavy atom. The van der Waals surface area contributed by atoms with Crippen LogP contribution in [0.4, 0.5) is 0 Å². The summed E-state index contributed by atoms with van der Waals surface area (Å²) in [5, 5.41) is 3.49. The molecule has 3 fully saturated rings. The predicted octanol–water partition coefficient (Wildman–Crippen LogP) is 0.518. The molecular formula is C12H23N3. The monoisotopic (exact) mass is 209 g/mol. The van der Waals surface area contributed by atoms with Crippen LogP contribution in [-0.4, -0.2) is 61.2 Å². The van der Waals surface area contributed by atoms with Crippen molar-refractivity contribution < 1.29 is 0 Å². The van der Waals surface area contributed by atoms with Crippen molar-refractivity contribution in [3.05, 3.63) is 0 Å². The lowest BCUT2D eigenvalue weighted by Crippen LogP contribution is -2.42. The fourth-order valence-corrected chi connectivity index (χ4v) is 3.52. The second-order valence-corrected chi connectivity index (χ2v) is 5.33. The van der Waals surface area contributed by atoms with Gasteiger partial charge in [-0.3, -0.25) is 9.80 Å². The molecule has 3 aliphatic heterocycles. The van der Waals surface area contributed by atoms with E-state index in [2.05, 4.69) is 15.1 Å². The highest BCUT2D eigenvalue weighted by Crippen LogP contribution is 2.23. The largest absolute Gasteiger partial charge is 0.315 e. The van der Waals surface area contributed by atoms with Gasteiger partial charge in [0.1, 0.15) is 0 Å². The van der Waals surface area contributed by atoms with Crippen molar-refractivity contribution in [1.29, 1.82) is 0 Å². The molecule has 86 valence electrons. The van der Waals surface area contributed by atoms with E-state index in [0.717, 1.165) is 12.1 Å². The highest BCUT2D eigenvalue weighted by molar-refractivity contribution is 4.89. The van der Waals surface area contributed by atoms with Crippen LogP contribution in [0.15, 0.2) is 0 Å². The maximum atomic E-state index is 3.49. The van der Waals surface area contributed by atoms with Gasteiger partial charge in [-0.05, 0) is 51.9 Å². The zero-order chi connectivity index (χ0) is 10.1. The molecule has 0 aromatic heterocycles. The van der Waals surface area contributed by atoms with Gasteiger partial charge >= 0.3 is 0 Å². The summed E-state index contributed by atoms with van der Waals surface area (Å²) in [7, 11) is 0. The van der Waals surface area contributed by atoms with E-state index in [9.17, 15) is 0 Å². The highest BCUT2D eigenvalue weighted by atomic mass is 15.3. The number of nitrogens with zero attached hydrogens (tertiary/aromatic N) is 2. The van der Waals surface area contributed by atoms with Crippen molar-refractivity contribution in [2.24, 2.45) is 0 Å². The molecule has 3 heteroatoms. The first-order valence-corrected chi connectivity index (χ1v) is 6.62. The molecule has 0 aromatic rings. The van der Waals surface area contributed by atoms with Crippen LogP contribution in [0.2, 0.25) is 0 Å². The van der Waals surface area contributed by atoms with Crippen LogP contribution in [-0.2, 0) is 0 Å². The Balaban J connectivity index is 1.64. The zero-order valence-electron chi connectivity index (χ0n) is 9.62. The lowest BCUT2D eigenvalue weighted by molar-refractivity contribution is 0.181. The van der Waals surface area contributed by atoms with E-state index in [-0.39, 0.29) is 0 Å². The second-order valence-electron chi connectivity index (χ2n) is 5.33. The van der Waals surface area contributed by atoms with Gasteiger partial charge in [0.15, 0.2) is 0 Å². The Kier molecular flexibility index (Phi) is 2.95. The molecule has 3 rings (SSSR count). The third kappa shape index (κ3) is 2.05. The van der Waals surface area contributed by atoms with Gasteiger partial charge in [0.25, 0.3) is 0 Å². The first-order chi connectivity index (χ1) is 7.43. The maximum Gasteiger partial charge on any atom is 0.0233 e. The second kappa shape index (κ2) is 4.40. The van der Waals surface area contributed by atoms with Gasteiger partial charge < -0.3 is 5.32 Å². The van der Waals surface area contributed by atoms with Crippen molar-refractivity contribution in [2.45, 2.75) is 37.8 Å². The fourth-order valence-electron chi connectivity index (χ4n) is 3.52. The molecular weight excluding hydrogens is 186 g/mol. The summed E-state index contributed by atoms with van der Waals surface area (Å²) in [6.07, 6.45) is 5.62. The minimum Gasteiger partial charge on any atom is -0.315 e. The van der Waals surface area contributed by atoms with Crippen LogP contribution in [0.25, 0.3) is 0 Å². The average Bonchev–Trinajstić information content (AvgIpc) is 2.86. The van der Waals surface area contributed by atoms with Crippen LogP contribution >= 0.6 is 0 Å². The molecule has 2 unspecified atom stereocenters. The predicted molar refractivity (Wildman–Crippen MR) is 62.1 cm³/mol. The maximum absolute atomic E-state index is 3.49. The van der Waals surface area contributed by atoms with Crippen LogP contribution in [0.3, 0.4) is 0 Å². The van der Waals surface area contributed by atoms with Crippen LogP contribution in [0.5, 0.6) is 0 Å². The van der Waals surface area contributed by atoms with Crippen LogP contribution in [0.1, 0.15) is 25.7 Å². The minimum atomic E-state index is 0.838. The van der Waals surface area contributed by atoms with Gasteiger partial charge in [-0.15, -0.1) is 0 Å². The third-order valence-electron chi connectivity index (χ3n) is 4.39. The SMILES string of the molecule is C1CC2CN(C3CCNC3)CCCN2C1. The first-order valence-electron chi connectivity index (χ1n) is 6.62. The Labute approximate surface area is 92.8 Å². The van der Waals surface area contributed by atoms with Gasteiger partial charge in [-0.2, -0.15) is 0 Å². The van der Waals surface area contributed by atoms with E-state index in [0.29, 0.717) is 0 Å². The van der Waals surface area contributed by atoms with Crippen molar-refractivity contribution in [3.8, 4) is 0 Å². The van der Waals surface area contributed by atoms with E-state index in [1.165, 1.54) is 65.0 Å². The summed E-state index contributed by atoms with van der Waals surface area (Å²) >= 11 is 0. The van der Waals surface area contributed by atoms with Crippen molar-refractivity contribution >= 4 is 0 Å². The fraction of sp³-hybridized carbons (Fsp3) is 1.00. The summed E-state index contributed by atoms with van der Waals surface area (Å²) < 4.78 is 0. The number of fused-ring (bicyclic) bond motifs is 1. The molecule has 0 saturated carbocycles. The number of hydrogen-bond donors (Lipinski definition) is 1. The topological polar surface area (TPSA) is 18.5 Å². The van der Waals surface area contributed by atoms with Gasteiger partial charge in [0, 0.05) is 25.2 Å². The molecule has 1 N–H and O–H groups in total. The number of hydrogen-bond acceptors (Lipinski definition) is 3. The van der Waals surface area contributed by atoms with Crippen LogP contribution in [0, 0.1) is 0 Å². The standard InChI is InChI=1S/C12H23N3/c1-3-12-10-15(11-4-5-13-9-11)8-2-7-14(12)6-1/h11-13H,1-10H2. The summed E-state index contributed by atoms with van der Waals surface area (Å²) in [5.74, 6) is 0. The van der Waals surface area contributed by atoms with Gasteiger partial charge in [0.2, 0.25) is 0 Å². The summed E-state index contributed by atoms with van der Waals surface area (Å²) in [6, 6.07) is 1.72. The summed E-state index contributed by atoms with van der Waals surface area (Å²) in [4.78, 5) is 5.48. The molecule has 0 spiro atoms. The minimum absolute atomic E-state index is 0.838. The van der Waals surface area contributed by atoms with E-state index >= 15 is 0 Å². The van der Waals surface area contributed by atoms with E-state index < -0.39 is 0 Å². The molecule has 0 aromatic carbocycles. The summed E-state index contributed by atoms with van der Waals surface area (Å²) in [5.41, 5.74) is 0. The Morgan fingerprint density at radius 3 is 2.60 bits per heavy atom. The smallest absolute Gasteiger partial charge is 0.0233 e. The Hall–Kier alpha value is -0.120. The quantitative estimate of drug-likeness (QED) is 0.679. The lowest BCUT2D eigenvalue weighted by Gasteiger charge is -2.29.